The number of carbonyl (C=O) groups excluding carboxylic acids is 2. The highest BCUT2D eigenvalue weighted by Crippen LogP contribution is 2.46. The number of ether oxygens (including phenoxy) is 2. The summed E-state index contributed by atoms with van der Waals surface area (Å²) in [5.74, 6) is -0.739. The largest absolute Gasteiger partial charge is 0.503 e. The van der Waals surface area contributed by atoms with Crippen molar-refractivity contribution in [1.82, 2.24) is 9.97 Å². The van der Waals surface area contributed by atoms with Crippen LogP contribution in [0.3, 0.4) is 0 Å². The molecule has 0 saturated carbocycles. The van der Waals surface area contributed by atoms with E-state index in [1.807, 2.05) is 20.8 Å². The zero-order valence-electron chi connectivity index (χ0n) is 21.8. The number of hydrogen-bond acceptors (Lipinski definition) is 9. The number of Topliss-reactive ketones (excluding diaryl/α,β-unsaturated/α-hetero) is 1. The van der Waals surface area contributed by atoms with Crippen LogP contribution in [0.15, 0.2) is 47.7 Å². The number of aliphatic hydroxyl groups is 1. The second-order valence-electron chi connectivity index (χ2n) is 8.91. The molecule has 0 aliphatic carbocycles. The van der Waals surface area contributed by atoms with E-state index in [4.69, 9.17) is 21.1 Å². The van der Waals surface area contributed by atoms with Crippen LogP contribution in [-0.2, 0) is 4.79 Å². The first-order chi connectivity index (χ1) is 18.7. The van der Waals surface area contributed by atoms with E-state index < -0.39 is 23.5 Å². The van der Waals surface area contributed by atoms with Crippen LogP contribution >= 0.6 is 34.3 Å². The zero-order valence-corrected chi connectivity index (χ0v) is 24.2. The predicted molar refractivity (Wildman–Crippen MR) is 154 cm³/mol. The number of anilines is 1. The van der Waals surface area contributed by atoms with Crippen LogP contribution < -0.4 is 14.4 Å². The molecule has 8 nitrogen and oxygen atoms in total. The molecule has 0 bridgehead atoms. The Morgan fingerprint density at radius 3 is 2.56 bits per heavy atom. The van der Waals surface area contributed by atoms with Crippen molar-refractivity contribution in [3.63, 3.8) is 0 Å². The summed E-state index contributed by atoms with van der Waals surface area (Å²) in [6.07, 6.45) is 0.822. The van der Waals surface area contributed by atoms with E-state index in [0.717, 1.165) is 11.1 Å². The van der Waals surface area contributed by atoms with Gasteiger partial charge in [0.1, 0.15) is 0 Å². The maximum Gasteiger partial charge on any atom is 0.296 e. The molecule has 4 aromatic rings. The third kappa shape index (κ3) is 4.99. The predicted octanol–water partition coefficient (Wildman–Crippen LogP) is 6.99. The van der Waals surface area contributed by atoms with Crippen molar-refractivity contribution in [2.75, 3.05) is 18.1 Å². The highest BCUT2D eigenvalue weighted by atomic mass is 35.5. The molecular formula is C28H26ClN3O5S2. The molecule has 1 unspecified atom stereocenters. The molecule has 0 saturated heterocycles. The first-order valence-electron chi connectivity index (χ1n) is 12.4. The van der Waals surface area contributed by atoms with Crippen molar-refractivity contribution < 1.29 is 24.2 Å². The standard InChI is InChI=1S/C28H26ClN3O5S2/c1-5-11-37-19-10-7-16(12-20(19)36-6-2)23-22(24(33)26-14(3)30-15(4)38-26)25(34)27(35)32(23)28-31-18-9-8-17(29)13-21(18)39-28/h7-10,12-13,23,34H,5-6,11H2,1-4H3. The molecule has 0 radical (unpaired) electrons. The van der Waals surface area contributed by atoms with Gasteiger partial charge < -0.3 is 14.6 Å². The molecule has 5 rings (SSSR count). The highest BCUT2D eigenvalue weighted by Gasteiger charge is 2.46. The molecule has 0 fully saturated rings. The molecule has 1 aliphatic rings. The quantitative estimate of drug-likeness (QED) is 0.212. The lowest BCUT2D eigenvalue weighted by molar-refractivity contribution is -0.117. The number of benzene rings is 2. The Bertz CT molecular complexity index is 1630. The van der Waals surface area contributed by atoms with Crippen molar-refractivity contribution in [2.24, 2.45) is 0 Å². The molecule has 2 aromatic heterocycles. The van der Waals surface area contributed by atoms with Crippen LogP contribution in [0.1, 0.15) is 52.2 Å². The molecule has 1 atom stereocenters. The van der Waals surface area contributed by atoms with Gasteiger partial charge in [0.05, 0.1) is 50.6 Å². The second-order valence-corrected chi connectivity index (χ2v) is 11.6. The van der Waals surface area contributed by atoms with Gasteiger partial charge in [0.25, 0.3) is 5.91 Å². The number of aliphatic hydroxyl groups excluding tert-OH is 1. The smallest absolute Gasteiger partial charge is 0.296 e. The number of aromatic nitrogens is 2. The Kier molecular flexibility index (Phi) is 7.61. The van der Waals surface area contributed by atoms with Gasteiger partial charge in [-0.3, -0.25) is 14.5 Å². The van der Waals surface area contributed by atoms with Crippen LogP contribution in [-0.4, -0.2) is 40.0 Å². The molecule has 39 heavy (non-hydrogen) atoms. The van der Waals surface area contributed by atoms with E-state index >= 15 is 0 Å². The van der Waals surface area contributed by atoms with E-state index in [0.29, 0.717) is 61.5 Å². The fourth-order valence-corrected chi connectivity index (χ4v) is 6.64. The van der Waals surface area contributed by atoms with E-state index in [1.165, 1.54) is 27.6 Å². The molecule has 2 aromatic carbocycles. The third-order valence-electron chi connectivity index (χ3n) is 6.15. The van der Waals surface area contributed by atoms with Crippen LogP contribution in [0.4, 0.5) is 5.13 Å². The van der Waals surface area contributed by atoms with Crippen LogP contribution in [0.5, 0.6) is 11.5 Å². The molecular weight excluding hydrogens is 558 g/mol. The summed E-state index contributed by atoms with van der Waals surface area (Å²) in [7, 11) is 0. The molecule has 3 heterocycles. The average molecular weight is 584 g/mol. The maximum absolute atomic E-state index is 13.9. The highest BCUT2D eigenvalue weighted by molar-refractivity contribution is 7.22. The molecule has 0 spiro atoms. The number of fused-ring (bicyclic) bond motifs is 1. The average Bonchev–Trinajstić information content (AvgIpc) is 3.55. The van der Waals surface area contributed by atoms with Gasteiger partial charge in [-0.05, 0) is 63.1 Å². The first-order valence-corrected chi connectivity index (χ1v) is 14.5. The van der Waals surface area contributed by atoms with E-state index in [1.54, 1.807) is 43.3 Å². The number of ketones is 1. The lowest BCUT2D eigenvalue weighted by Gasteiger charge is -2.25. The fourth-order valence-electron chi connectivity index (χ4n) is 4.50. The number of rotatable bonds is 9. The number of hydrogen-bond donors (Lipinski definition) is 1. The number of thiazole rings is 2. The van der Waals surface area contributed by atoms with Gasteiger partial charge in [0, 0.05) is 5.02 Å². The lowest BCUT2D eigenvalue weighted by Crippen LogP contribution is -2.31. The Morgan fingerprint density at radius 1 is 1.08 bits per heavy atom. The second kappa shape index (κ2) is 11.0. The van der Waals surface area contributed by atoms with Gasteiger partial charge in [-0.15, -0.1) is 11.3 Å². The van der Waals surface area contributed by atoms with Crippen molar-refractivity contribution in [3.8, 4) is 11.5 Å². The summed E-state index contributed by atoms with van der Waals surface area (Å²) in [5.41, 5.74) is 1.73. The van der Waals surface area contributed by atoms with Gasteiger partial charge in [0.2, 0.25) is 5.78 Å². The summed E-state index contributed by atoms with van der Waals surface area (Å²) in [6.45, 7) is 8.32. The lowest BCUT2D eigenvalue weighted by atomic mass is 9.95. The van der Waals surface area contributed by atoms with Crippen molar-refractivity contribution in [3.05, 3.63) is 73.9 Å². The molecule has 1 aliphatic heterocycles. The van der Waals surface area contributed by atoms with E-state index in [-0.39, 0.29) is 5.57 Å². The van der Waals surface area contributed by atoms with E-state index in [2.05, 4.69) is 9.97 Å². The Labute approximate surface area is 238 Å². The summed E-state index contributed by atoms with van der Waals surface area (Å²) in [6, 6.07) is 9.59. The Morgan fingerprint density at radius 2 is 1.87 bits per heavy atom. The van der Waals surface area contributed by atoms with Gasteiger partial charge in [-0.2, -0.15) is 0 Å². The van der Waals surface area contributed by atoms with Crippen LogP contribution in [0.25, 0.3) is 10.2 Å². The minimum absolute atomic E-state index is 0.0336. The Balaban J connectivity index is 1.68. The van der Waals surface area contributed by atoms with Crippen LogP contribution in [0, 0.1) is 13.8 Å². The van der Waals surface area contributed by atoms with Gasteiger partial charge in [-0.25, -0.2) is 9.97 Å². The molecule has 202 valence electrons. The molecule has 11 heteroatoms. The summed E-state index contributed by atoms with van der Waals surface area (Å²) >= 11 is 8.67. The normalized spacial score (nSPS) is 15.5. The fraction of sp³-hybridized carbons (Fsp3) is 0.286. The molecule has 1 N–H and O–H groups in total. The Hall–Kier alpha value is -3.47. The topological polar surface area (TPSA) is 102 Å². The first kappa shape index (κ1) is 27.1. The summed E-state index contributed by atoms with van der Waals surface area (Å²) < 4.78 is 12.5. The minimum Gasteiger partial charge on any atom is -0.503 e. The summed E-state index contributed by atoms with van der Waals surface area (Å²) in [5, 5.41) is 12.8. The minimum atomic E-state index is -0.956. The number of aryl methyl sites for hydroxylation is 2. The monoisotopic (exact) mass is 583 g/mol. The van der Waals surface area contributed by atoms with Gasteiger partial charge in [0.15, 0.2) is 22.4 Å². The van der Waals surface area contributed by atoms with E-state index in [9.17, 15) is 14.7 Å². The summed E-state index contributed by atoms with van der Waals surface area (Å²) in [4.78, 5) is 38.3. The SMILES string of the molecule is CCCOc1ccc(C2C(C(=O)c3sc(C)nc3C)=C(O)C(=O)N2c2nc3ccc(Cl)cc3s2)cc1OCC. The van der Waals surface area contributed by atoms with Crippen molar-refractivity contribution >= 4 is 61.3 Å². The number of nitrogens with zero attached hydrogens (tertiary/aromatic N) is 3. The van der Waals surface area contributed by atoms with Crippen LogP contribution in [0.2, 0.25) is 5.02 Å². The van der Waals surface area contributed by atoms with Gasteiger partial charge in [-0.1, -0.05) is 35.9 Å². The third-order valence-corrected chi connectivity index (χ3v) is 8.48. The number of halogens is 1. The number of carbonyl (C=O) groups is 2. The van der Waals surface area contributed by atoms with Crippen molar-refractivity contribution in [1.29, 1.82) is 0 Å². The van der Waals surface area contributed by atoms with Gasteiger partial charge >= 0.3 is 0 Å². The maximum atomic E-state index is 13.9. The van der Waals surface area contributed by atoms with Crippen molar-refractivity contribution in [2.45, 2.75) is 40.2 Å². The molecule has 1 amide bonds. The zero-order chi connectivity index (χ0) is 27.8. The number of amides is 1.